The van der Waals surface area contributed by atoms with Gasteiger partial charge in [0.2, 0.25) is 11.3 Å². The Morgan fingerprint density at radius 3 is 2.64 bits per heavy atom. The summed E-state index contributed by atoms with van der Waals surface area (Å²) in [6.07, 6.45) is 2.77. The van der Waals surface area contributed by atoms with Gasteiger partial charge in [-0.1, -0.05) is 35.7 Å². The van der Waals surface area contributed by atoms with Gasteiger partial charge in [0.15, 0.2) is 17.3 Å². The molecule has 44 heavy (non-hydrogen) atoms. The molecule has 2 aromatic rings. The second-order valence-corrected chi connectivity index (χ2v) is 15.2. The normalized spacial score (nSPS) is 23.6. The number of fused-ring (bicyclic) bond motifs is 2. The highest BCUT2D eigenvalue weighted by atomic mass is 32.2. The van der Waals surface area contributed by atoms with Crippen molar-refractivity contribution in [3.63, 3.8) is 0 Å². The number of aliphatic carboxylic acids is 1. The number of anilines is 1. The van der Waals surface area contributed by atoms with Gasteiger partial charge in [-0.2, -0.15) is 0 Å². The molecule has 2 saturated heterocycles. The fourth-order valence-electron chi connectivity index (χ4n) is 5.64. The largest absolute Gasteiger partial charge is 0.477 e. The number of carboxylic acid groups (broad SMARTS) is 2. The van der Waals surface area contributed by atoms with Gasteiger partial charge in [-0.3, -0.25) is 14.5 Å². The van der Waals surface area contributed by atoms with Crippen LogP contribution in [0.25, 0.3) is 11.0 Å². The second kappa shape index (κ2) is 12.2. The standard InChI is InChI=1S/C27H28FN5O7S4/c1-11(34)17-22(36)33-18(25(39)40)26(44-23(17)33)42-6-7-43-27(41)29-12-4-5-31(9-12)21-16(28)8-14-19(35)15(24(37)38)10-32(13-2-3-13)20(14)30-21/h8,10-13,17,23,34H,2-7,9H2,1H3,(H,29,41)(H,37,38)(H,39,40)/t11-,12?,17-,23-/m1/s1. The van der Waals surface area contributed by atoms with E-state index in [0.717, 1.165) is 18.9 Å². The third kappa shape index (κ3) is 5.68. The van der Waals surface area contributed by atoms with Crippen molar-refractivity contribution in [2.45, 2.75) is 49.7 Å². The van der Waals surface area contributed by atoms with Crippen molar-refractivity contribution in [3.05, 3.63) is 43.8 Å². The van der Waals surface area contributed by atoms with Crippen LogP contribution in [0.3, 0.4) is 0 Å². The zero-order valence-corrected chi connectivity index (χ0v) is 26.5. The molecule has 1 amide bonds. The molecule has 6 rings (SSSR count). The SMILES string of the molecule is C[C@@H](O)[C@@H]1C(=O)N2C(C(=O)O)=C(SCCSC(=S)NC3CCN(c4nc5c(cc4F)c(=O)c(C(=O)O)cn5C4CC4)C3)S[C@H]12. The number of nitrogens with zero attached hydrogens (tertiary/aromatic N) is 4. The van der Waals surface area contributed by atoms with Gasteiger partial charge in [-0.05, 0) is 32.3 Å². The van der Waals surface area contributed by atoms with Crippen LogP contribution in [0.4, 0.5) is 10.2 Å². The van der Waals surface area contributed by atoms with E-state index in [1.807, 2.05) is 0 Å². The van der Waals surface area contributed by atoms with Crippen LogP contribution in [0.15, 0.2) is 27.0 Å². The molecule has 4 N–H and O–H groups in total. The number of rotatable bonds is 10. The average molecular weight is 682 g/mol. The van der Waals surface area contributed by atoms with Crippen LogP contribution in [-0.2, 0) is 9.59 Å². The Morgan fingerprint density at radius 2 is 1.98 bits per heavy atom. The Kier molecular flexibility index (Phi) is 8.60. The zero-order valence-electron chi connectivity index (χ0n) is 23.3. The molecule has 5 heterocycles. The number of carboxylic acids is 2. The number of carbonyl (C=O) groups is 3. The lowest BCUT2D eigenvalue weighted by Gasteiger charge is -2.43. The lowest BCUT2D eigenvalue weighted by molar-refractivity contribution is -0.156. The highest BCUT2D eigenvalue weighted by Crippen LogP contribution is 2.53. The molecule has 3 aliphatic heterocycles. The third-order valence-corrected chi connectivity index (χ3v) is 12.1. The summed E-state index contributed by atoms with van der Waals surface area (Å²) in [5, 5.41) is 31.8. The molecule has 1 aliphatic carbocycles. The first-order valence-corrected chi connectivity index (χ1v) is 17.2. The average Bonchev–Trinajstić information content (AvgIpc) is 3.61. The number of β-lactam (4-membered cyclic amide) rings is 1. The van der Waals surface area contributed by atoms with Crippen molar-refractivity contribution in [3.8, 4) is 0 Å². The van der Waals surface area contributed by atoms with Gasteiger partial charge < -0.3 is 30.1 Å². The first kappa shape index (κ1) is 31.1. The molecular formula is C27H28FN5O7S4. The van der Waals surface area contributed by atoms with Crippen molar-refractivity contribution in [1.82, 2.24) is 19.8 Å². The van der Waals surface area contributed by atoms with Gasteiger partial charge >= 0.3 is 11.9 Å². The Morgan fingerprint density at radius 1 is 1.23 bits per heavy atom. The van der Waals surface area contributed by atoms with Crippen LogP contribution in [0, 0.1) is 11.7 Å². The molecule has 12 nitrogen and oxygen atoms in total. The van der Waals surface area contributed by atoms with Crippen LogP contribution in [-0.4, -0.2) is 94.1 Å². The number of pyridine rings is 2. The molecule has 1 saturated carbocycles. The molecule has 0 spiro atoms. The predicted octanol–water partition coefficient (Wildman–Crippen LogP) is 2.65. The summed E-state index contributed by atoms with van der Waals surface area (Å²) < 4.78 is 18.0. The molecule has 17 heteroatoms. The van der Waals surface area contributed by atoms with Crippen LogP contribution in [0.1, 0.15) is 42.6 Å². The van der Waals surface area contributed by atoms with E-state index < -0.39 is 46.1 Å². The van der Waals surface area contributed by atoms with Gasteiger partial charge in [0.1, 0.15) is 20.9 Å². The van der Waals surface area contributed by atoms with Gasteiger partial charge in [-0.25, -0.2) is 19.0 Å². The van der Waals surface area contributed by atoms with Crippen molar-refractivity contribution in [1.29, 1.82) is 0 Å². The molecule has 234 valence electrons. The first-order chi connectivity index (χ1) is 21.0. The summed E-state index contributed by atoms with van der Waals surface area (Å²) in [5.74, 6) is -2.98. The maximum absolute atomic E-state index is 15.2. The lowest BCUT2D eigenvalue weighted by atomic mass is 9.92. The zero-order chi connectivity index (χ0) is 31.4. The predicted molar refractivity (Wildman–Crippen MR) is 171 cm³/mol. The van der Waals surface area contributed by atoms with Gasteiger partial charge in [0.05, 0.1) is 21.6 Å². The molecular weight excluding hydrogens is 654 g/mol. The lowest BCUT2D eigenvalue weighted by Crippen LogP contribution is -2.60. The third-order valence-electron chi connectivity index (χ3n) is 7.94. The van der Waals surface area contributed by atoms with Crippen LogP contribution in [0.5, 0.6) is 0 Å². The van der Waals surface area contributed by atoms with Crippen molar-refractivity contribution in [2.24, 2.45) is 5.92 Å². The number of halogens is 1. The minimum atomic E-state index is -1.36. The van der Waals surface area contributed by atoms with E-state index in [9.17, 15) is 34.5 Å². The van der Waals surface area contributed by atoms with Crippen LogP contribution >= 0.6 is 47.5 Å². The molecule has 4 aliphatic rings. The van der Waals surface area contributed by atoms with E-state index >= 15 is 4.39 Å². The van der Waals surface area contributed by atoms with Gasteiger partial charge in [0.25, 0.3) is 0 Å². The summed E-state index contributed by atoms with van der Waals surface area (Å²) >= 11 is 9.55. The number of aromatic nitrogens is 2. The van der Waals surface area contributed by atoms with E-state index in [2.05, 4.69) is 10.3 Å². The Bertz CT molecular complexity index is 1680. The van der Waals surface area contributed by atoms with Crippen molar-refractivity contribution >= 4 is 86.5 Å². The van der Waals surface area contributed by atoms with E-state index in [1.54, 1.807) is 9.47 Å². The van der Waals surface area contributed by atoms with Gasteiger partial charge in [0, 0.05) is 42.9 Å². The summed E-state index contributed by atoms with van der Waals surface area (Å²) in [5.41, 5.74) is -0.918. The molecule has 2 aromatic heterocycles. The quantitative estimate of drug-likeness (QED) is 0.164. The summed E-state index contributed by atoms with van der Waals surface area (Å²) in [6, 6.07) is 1.04. The summed E-state index contributed by atoms with van der Waals surface area (Å²) in [4.78, 5) is 56.1. The van der Waals surface area contributed by atoms with Crippen LogP contribution < -0.4 is 15.6 Å². The Hall–Kier alpha value is -2.86. The van der Waals surface area contributed by atoms with E-state index in [1.165, 1.54) is 53.3 Å². The highest BCUT2D eigenvalue weighted by molar-refractivity contribution is 8.25. The van der Waals surface area contributed by atoms with E-state index in [0.29, 0.717) is 39.6 Å². The smallest absolute Gasteiger partial charge is 0.354 e. The van der Waals surface area contributed by atoms with Crippen LogP contribution in [0.2, 0.25) is 0 Å². The highest BCUT2D eigenvalue weighted by Gasteiger charge is 2.57. The number of nitrogens with one attached hydrogen (secondary N) is 1. The Labute approximate surface area is 268 Å². The van der Waals surface area contributed by atoms with E-state index in [-0.39, 0.29) is 40.5 Å². The minimum Gasteiger partial charge on any atom is -0.477 e. The molecule has 3 fully saturated rings. The number of amides is 1. The number of thiocarbonyl (C=S) groups is 1. The number of hydrogen-bond donors (Lipinski definition) is 4. The van der Waals surface area contributed by atoms with Crippen molar-refractivity contribution < 1.29 is 34.1 Å². The molecule has 1 unspecified atom stereocenters. The number of aliphatic hydroxyl groups excluding tert-OH is 1. The maximum atomic E-state index is 15.2. The fraction of sp³-hybridized carbons (Fsp3) is 0.481. The van der Waals surface area contributed by atoms with E-state index in [4.69, 9.17) is 12.2 Å². The molecule has 0 aromatic carbocycles. The second-order valence-electron chi connectivity index (χ2n) is 11.0. The topological polar surface area (TPSA) is 165 Å². The number of thioether (sulfide) groups is 3. The number of hydrogen-bond acceptors (Lipinski definition) is 11. The fourth-order valence-corrected chi connectivity index (χ4v) is 9.81. The summed E-state index contributed by atoms with van der Waals surface area (Å²) in [7, 11) is 0. The Balaban J connectivity index is 1.04. The maximum Gasteiger partial charge on any atom is 0.354 e. The van der Waals surface area contributed by atoms with Gasteiger partial charge in [-0.15, -0.1) is 11.8 Å². The summed E-state index contributed by atoms with van der Waals surface area (Å²) in [6.45, 7) is 2.46. The first-order valence-electron chi connectivity index (χ1n) is 13.9. The number of carbonyl (C=O) groups excluding carboxylic acids is 1. The molecule has 0 bridgehead atoms. The number of aromatic carboxylic acids is 1. The van der Waals surface area contributed by atoms with Crippen molar-refractivity contribution in [2.75, 3.05) is 29.5 Å². The monoisotopic (exact) mass is 681 g/mol. The molecule has 4 atom stereocenters. The number of aliphatic hydroxyl groups is 1. The molecule has 0 radical (unpaired) electrons. The minimum absolute atomic E-state index is 0.0260.